The molecule has 0 aromatic heterocycles. The van der Waals surface area contributed by atoms with Gasteiger partial charge in [0.05, 0.1) is 0 Å². The lowest BCUT2D eigenvalue weighted by atomic mass is 10.9. The van der Waals surface area contributed by atoms with Gasteiger partial charge in [-0.25, -0.2) is 8.37 Å². The lowest BCUT2D eigenvalue weighted by molar-refractivity contribution is -0.205. The topological polar surface area (TPSA) is 96.0 Å². The van der Waals surface area contributed by atoms with E-state index >= 15 is 0 Å². The molecule has 0 aliphatic heterocycles. The third kappa shape index (κ3) is 5.04. The minimum absolute atomic E-state index is 0.703. The molecule has 0 aromatic carbocycles. The van der Waals surface area contributed by atoms with E-state index < -0.39 is 44.3 Å². The van der Waals surface area contributed by atoms with Gasteiger partial charge in [-0.3, -0.25) is 0 Å². The molecule has 0 amide bonds. The van der Waals surface area contributed by atoms with E-state index in [0.717, 1.165) is 6.92 Å². The summed E-state index contributed by atoms with van der Waals surface area (Å²) < 4.78 is 123. The number of ether oxygens (including phenoxy) is 1. The molecule has 0 saturated heterocycles. The van der Waals surface area contributed by atoms with Gasteiger partial charge in [-0.05, 0) is 6.92 Å². The maximum Gasteiger partial charge on any atom is 0.523 e. The highest BCUT2D eigenvalue weighted by Crippen LogP contribution is 2.29. The Balaban J connectivity index is 5.23. The highest BCUT2D eigenvalue weighted by molar-refractivity contribution is 7.88. The Morgan fingerprint density at radius 1 is 0.850 bits per heavy atom. The fraction of sp³-hybridized carbons (Fsp3) is 1.00. The molecule has 0 unspecified atom stereocenters. The Labute approximate surface area is 108 Å². The van der Waals surface area contributed by atoms with Crippen molar-refractivity contribution < 1.29 is 56.3 Å². The van der Waals surface area contributed by atoms with Crippen molar-refractivity contribution in [1.29, 1.82) is 0 Å². The van der Waals surface area contributed by atoms with Crippen LogP contribution in [0.1, 0.15) is 6.92 Å². The van der Waals surface area contributed by atoms with Crippen LogP contribution in [0.2, 0.25) is 0 Å². The molecule has 0 N–H and O–H groups in total. The maximum atomic E-state index is 11.9. The van der Waals surface area contributed by atoms with Crippen molar-refractivity contribution in [2.75, 3.05) is 6.61 Å². The zero-order chi connectivity index (χ0) is 16.4. The van der Waals surface area contributed by atoms with E-state index in [0.29, 0.717) is 0 Å². The number of halogens is 6. The second-order valence-corrected chi connectivity index (χ2v) is 5.86. The van der Waals surface area contributed by atoms with E-state index in [-0.39, 0.29) is 0 Å². The zero-order valence-corrected chi connectivity index (χ0v) is 10.9. The summed E-state index contributed by atoms with van der Waals surface area (Å²) in [6.07, 6.45) is 0. The average Bonchev–Trinajstić information content (AvgIpc) is 2.12. The van der Waals surface area contributed by atoms with Gasteiger partial charge in [-0.15, -0.1) is 0 Å². The van der Waals surface area contributed by atoms with E-state index in [1.807, 2.05) is 0 Å². The number of rotatable bonds is 6. The standard InChI is InChI=1S/C5H6F6O7S2/c1-2-16-3(17-19(12,13)4(6,7)8)18-20(14,15)5(9,10)11/h3H,2H2,1H3. The van der Waals surface area contributed by atoms with Crippen LogP contribution in [0.15, 0.2) is 0 Å². The third-order valence-corrected chi connectivity index (χ3v) is 3.24. The summed E-state index contributed by atoms with van der Waals surface area (Å²) in [5, 5.41) is 0. The summed E-state index contributed by atoms with van der Waals surface area (Å²) in [6.45, 7) is -2.97. The SMILES string of the molecule is CCOC(OS(=O)(=O)C(F)(F)F)OS(=O)(=O)C(F)(F)F. The van der Waals surface area contributed by atoms with E-state index in [1.54, 1.807) is 0 Å². The number of hydrogen-bond acceptors (Lipinski definition) is 7. The monoisotopic (exact) mass is 356 g/mol. The van der Waals surface area contributed by atoms with Crippen LogP contribution in [0.3, 0.4) is 0 Å². The molecule has 0 fully saturated rings. The van der Waals surface area contributed by atoms with Crippen molar-refractivity contribution in [2.24, 2.45) is 0 Å². The number of hydrogen-bond donors (Lipinski definition) is 0. The summed E-state index contributed by atoms with van der Waals surface area (Å²) in [5.74, 6) is 0. The Bertz CT molecular complexity index is 471. The molecule has 122 valence electrons. The molecule has 0 rings (SSSR count). The fourth-order valence-electron chi connectivity index (χ4n) is 0.524. The van der Waals surface area contributed by atoms with Gasteiger partial charge in [-0.2, -0.15) is 43.2 Å². The van der Waals surface area contributed by atoms with Crippen LogP contribution in [0.5, 0.6) is 0 Å². The smallest absolute Gasteiger partial charge is 0.329 e. The molecular weight excluding hydrogens is 350 g/mol. The van der Waals surface area contributed by atoms with Gasteiger partial charge < -0.3 is 4.74 Å². The van der Waals surface area contributed by atoms with Crippen molar-refractivity contribution >= 4 is 20.2 Å². The van der Waals surface area contributed by atoms with Gasteiger partial charge in [-0.1, -0.05) is 0 Å². The first-order valence-electron chi connectivity index (χ1n) is 4.25. The lowest BCUT2D eigenvalue weighted by Gasteiger charge is -2.18. The van der Waals surface area contributed by atoms with Crippen LogP contribution in [0, 0.1) is 0 Å². The predicted molar refractivity (Wildman–Crippen MR) is 47.5 cm³/mol. The van der Waals surface area contributed by atoms with Crippen LogP contribution in [0.4, 0.5) is 26.3 Å². The first-order chi connectivity index (χ1) is 8.64. The van der Waals surface area contributed by atoms with E-state index in [2.05, 4.69) is 13.1 Å². The normalized spacial score (nSPS) is 14.8. The molecule has 0 spiro atoms. The second kappa shape index (κ2) is 6.00. The zero-order valence-electron chi connectivity index (χ0n) is 9.23. The average molecular weight is 356 g/mol. The van der Waals surface area contributed by atoms with E-state index in [4.69, 9.17) is 0 Å². The molecule has 0 heterocycles. The van der Waals surface area contributed by atoms with Gasteiger partial charge in [0.25, 0.3) is 0 Å². The highest BCUT2D eigenvalue weighted by atomic mass is 32.2. The minimum atomic E-state index is -6.42. The largest absolute Gasteiger partial charge is 0.523 e. The fourth-order valence-corrected chi connectivity index (χ4v) is 1.40. The van der Waals surface area contributed by atoms with Gasteiger partial charge in [0.1, 0.15) is 0 Å². The molecule has 0 aliphatic carbocycles. The Hall–Kier alpha value is -0.640. The summed E-state index contributed by atoms with van der Waals surface area (Å²) in [7, 11) is -12.8. The molecule has 0 aromatic rings. The number of alkyl halides is 6. The van der Waals surface area contributed by atoms with Gasteiger partial charge in [0.15, 0.2) is 0 Å². The van der Waals surface area contributed by atoms with Gasteiger partial charge in [0, 0.05) is 6.61 Å². The van der Waals surface area contributed by atoms with Crippen LogP contribution < -0.4 is 0 Å². The van der Waals surface area contributed by atoms with Crippen LogP contribution in [0.25, 0.3) is 0 Å². The van der Waals surface area contributed by atoms with Gasteiger partial charge >= 0.3 is 37.7 Å². The van der Waals surface area contributed by atoms with Crippen LogP contribution in [-0.4, -0.2) is 40.9 Å². The Morgan fingerprint density at radius 2 is 1.15 bits per heavy atom. The second-order valence-electron chi connectivity index (χ2n) is 2.74. The lowest BCUT2D eigenvalue weighted by Crippen LogP contribution is -2.37. The van der Waals surface area contributed by atoms with Crippen molar-refractivity contribution in [3.8, 4) is 0 Å². The molecule has 0 saturated carbocycles. The summed E-state index contributed by atoms with van der Waals surface area (Å²) in [4.78, 5) is 0. The molecular formula is C5H6F6O7S2. The van der Waals surface area contributed by atoms with Crippen LogP contribution in [-0.2, 0) is 33.3 Å². The molecule has 0 atom stereocenters. The molecule has 0 bridgehead atoms. The van der Waals surface area contributed by atoms with Crippen molar-refractivity contribution in [3.63, 3.8) is 0 Å². The summed E-state index contributed by atoms with van der Waals surface area (Å²) >= 11 is 0. The van der Waals surface area contributed by atoms with Crippen molar-refractivity contribution in [1.82, 2.24) is 0 Å². The van der Waals surface area contributed by atoms with Crippen molar-refractivity contribution in [3.05, 3.63) is 0 Å². The van der Waals surface area contributed by atoms with E-state index in [1.165, 1.54) is 0 Å². The molecule has 20 heavy (non-hydrogen) atoms. The van der Waals surface area contributed by atoms with Crippen LogP contribution >= 0.6 is 0 Å². The first-order valence-corrected chi connectivity index (χ1v) is 7.06. The summed E-state index contributed by atoms with van der Waals surface area (Å²) in [6, 6.07) is 0. The third-order valence-electron chi connectivity index (χ3n) is 1.28. The minimum Gasteiger partial charge on any atom is -0.329 e. The highest BCUT2D eigenvalue weighted by Gasteiger charge is 2.53. The maximum absolute atomic E-state index is 11.9. The Kier molecular flexibility index (Phi) is 5.81. The molecule has 7 nitrogen and oxygen atoms in total. The molecule has 0 aliphatic rings. The first kappa shape index (κ1) is 19.4. The molecule has 0 radical (unpaired) electrons. The summed E-state index contributed by atoms with van der Waals surface area (Å²) in [5.41, 5.74) is -12.0. The Morgan fingerprint density at radius 3 is 1.35 bits per heavy atom. The van der Waals surface area contributed by atoms with Crippen molar-refractivity contribution in [2.45, 2.75) is 24.4 Å². The predicted octanol–water partition coefficient (Wildman–Crippen LogP) is 1.04. The molecule has 15 heteroatoms. The quantitative estimate of drug-likeness (QED) is 0.304. The van der Waals surface area contributed by atoms with E-state index in [9.17, 15) is 43.2 Å². The van der Waals surface area contributed by atoms with Gasteiger partial charge in [0.2, 0.25) is 0 Å².